The third-order valence-electron chi connectivity index (χ3n) is 4.95. The van der Waals surface area contributed by atoms with Gasteiger partial charge in [-0.25, -0.2) is 0 Å². The summed E-state index contributed by atoms with van der Waals surface area (Å²) in [6, 6.07) is 14.4. The van der Waals surface area contributed by atoms with E-state index in [1.807, 2.05) is 36.1 Å². The lowest BCUT2D eigenvalue weighted by Crippen LogP contribution is -2.48. The van der Waals surface area contributed by atoms with Crippen molar-refractivity contribution < 1.29 is 9.59 Å². The molecule has 3 rings (SSSR count). The lowest BCUT2D eigenvalue weighted by Gasteiger charge is -2.37. The maximum absolute atomic E-state index is 13.2. The van der Waals surface area contributed by atoms with Crippen molar-refractivity contribution in [2.45, 2.75) is 13.0 Å². The van der Waals surface area contributed by atoms with Crippen LogP contribution in [0, 0.1) is 0 Å². The van der Waals surface area contributed by atoms with Gasteiger partial charge < -0.3 is 15.1 Å². The van der Waals surface area contributed by atoms with Crippen molar-refractivity contribution >= 4 is 23.4 Å². The van der Waals surface area contributed by atoms with Gasteiger partial charge in [-0.3, -0.25) is 9.59 Å². The molecule has 1 aliphatic heterocycles. The summed E-state index contributed by atoms with van der Waals surface area (Å²) in [7, 11) is 1.75. The Labute approximate surface area is 164 Å². The molecule has 1 heterocycles. The predicted octanol–water partition coefficient (Wildman–Crippen LogP) is 3.22. The van der Waals surface area contributed by atoms with Gasteiger partial charge in [0.2, 0.25) is 0 Å². The minimum absolute atomic E-state index is 0.0878. The molecule has 0 saturated carbocycles. The van der Waals surface area contributed by atoms with Crippen LogP contribution in [0.3, 0.4) is 0 Å². The Morgan fingerprint density at radius 2 is 1.93 bits per heavy atom. The zero-order valence-electron chi connectivity index (χ0n) is 15.6. The number of carbonyl (C=O) groups excluding carboxylic acids is 2. The molecule has 1 atom stereocenters. The molecule has 2 aromatic carbocycles. The third-order valence-corrected chi connectivity index (χ3v) is 5.29. The second-order valence-corrected chi connectivity index (χ2v) is 7.05. The van der Waals surface area contributed by atoms with Crippen LogP contribution in [0.15, 0.2) is 48.5 Å². The van der Waals surface area contributed by atoms with Crippen molar-refractivity contribution in [3.05, 3.63) is 70.2 Å². The van der Waals surface area contributed by atoms with E-state index in [1.54, 1.807) is 36.2 Å². The first-order valence-corrected chi connectivity index (χ1v) is 9.52. The normalized spacial score (nSPS) is 16.9. The Bertz CT molecular complexity index is 840. The summed E-state index contributed by atoms with van der Waals surface area (Å²) in [6.07, 6.45) is 0. The van der Waals surface area contributed by atoms with Gasteiger partial charge in [-0.2, -0.15) is 0 Å². The lowest BCUT2D eigenvalue weighted by molar-refractivity contribution is 0.0634. The number of hydrogen-bond acceptors (Lipinski definition) is 3. The topological polar surface area (TPSA) is 52.7 Å². The molecule has 2 aromatic rings. The minimum atomic E-state index is -0.141. The van der Waals surface area contributed by atoms with E-state index in [1.165, 1.54) is 0 Å². The highest BCUT2D eigenvalue weighted by Crippen LogP contribution is 2.29. The van der Waals surface area contributed by atoms with E-state index in [0.717, 1.165) is 12.1 Å². The average molecular weight is 386 g/mol. The Kier molecular flexibility index (Phi) is 6.14. The molecular formula is C21H24ClN3O2. The fourth-order valence-electron chi connectivity index (χ4n) is 3.29. The van der Waals surface area contributed by atoms with Gasteiger partial charge in [0.1, 0.15) is 0 Å². The fourth-order valence-corrected chi connectivity index (χ4v) is 3.55. The molecule has 1 aliphatic rings. The van der Waals surface area contributed by atoms with Crippen LogP contribution in [-0.4, -0.2) is 54.8 Å². The quantitative estimate of drug-likeness (QED) is 0.879. The van der Waals surface area contributed by atoms with Crippen LogP contribution in [0.25, 0.3) is 0 Å². The second kappa shape index (κ2) is 8.55. The number of benzene rings is 2. The first-order valence-electron chi connectivity index (χ1n) is 9.14. The molecule has 1 fully saturated rings. The zero-order valence-corrected chi connectivity index (χ0v) is 16.4. The summed E-state index contributed by atoms with van der Waals surface area (Å²) in [5, 5.41) is 3.99. The number of amides is 2. The van der Waals surface area contributed by atoms with E-state index in [-0.39, 0.29) is 17.9 Å². The first-order chi connectivity index (χ1) is 13.0. The van der Waals surface area contributed by atoms with E-state index in [9.17, 15) is 9.59 Å². The van der Waals surface area contributed by atoms with Crippen LogP contribution < -0.4 is 5.32 Å². The Morgan fingerprint density at radius 1 is 1.19 bits per heavy atom. The average Bonchev–Trinajstić information content (AvgIpc) is 2.72. The smallest absolute Gasteiger partial charge is 0.254 e. The van der Waals surface area contributed by atoms with Gasteiger partial charge in [0.25, 0.3) is 11.8 Å². The number of nitrogens with zero attached hydrogens (tertiary/aromatic N) is 2. The molecular weight excluding hydrogens is 362 g/mol. The highest BCUT2D eigenvalue weighted by Gasteiger charge is 2.30. The molecule has 0 aliphatic carbocycles. The van der Waals surface area contributed by atoms with Gasteiger partial charge in [0, 0.05) is 49.4 Å². The van der Waals surface area contributed by atoms with E-state index >= 15 is 0 Å². The summed E-state index contributed by atoms with van der Waals surface area (Å²) in [5.41, 5.74) is 1.97. The number of nitrogens with one attached hydrogen (secondary N) is 1. The number of halogens is 1. The SMILES string of the molecule is CCN(C)C(=O)c1cccc(C(=O)N2CCNCC2c2ccccc2Cl)c1. The zero-order chi connectivity index (χ0) is 19.4. The van der Waals surface area contributed by atoms with Crippen molar-refractivity contribution in [3.63, 3.8) is 0 Å². The Morgan fingerprint density at radius 3 is 2.67 bits per heavy atom. The molecule has 0 spiro atoms. The van der Waals surface area contributed by atoms with E-state index < -0.39 is 0 Å². The summed E-state index contributed by atoms with van der Waals surface area (Å²) >= 11 is 6.38. The molecule has 0 bridgehead atoms. The molecule has 0 aromatic heterocycles. The van der Waals surface area contributed by atoms with E-state index in [0.29, 0.717) is 35.8 Å². The maximum atomic E-state index is 13.2. The van der Waals surface area contributed by atoms with Gasteiger partial charge in [-0.05, 0) is 36.8 Å². The first kappa shape index (κ1) is 19.4. The van der Waals surface area contributed by atoms with E-state index in [4.69, 9.17) is 11.6 Å². The molecule has 1 saturated heterocycles. The largest absolute Gasteiger partial charge is 0.342 e. The maximum Gasteiger partial charge on any atom is 0.254 e. The summed E-state index contributed by atoms with van der Waals surface area (Å²) in [5.74, 6) is -0.176. The van der Waals surface area contributed by atoms with Crippen molar-refractivity contribution in [3.8, 4) is 0 Å². The number of hydrogen-bond donors (Lipinski definition) is 1. The molecule has 6 heteroatoms. The van der Waals surface area contributed by atoms with Crippen LogP contribution in [0.2, 0.25) is 5.02 Å². The van der Waals surface area contributed by atoms with Crippen LogP contribution in [0.4, 0.5) is 0 Å². The fraction of sp³-hybridized carbons (Fsp3) is 0.333. The van der Waals surface area contributed by atoms with Crippen molar-refractivity contribution in [2.24, 2.45) is 0 Å². The molecule has 1 unspecified atom stereocenters. The van der Waals surface area contributed by atoms with Gasteiger partial charge in [-0.1, -0.05) is 35.9 Å². The molecule has 1 N–H and O–H groups in total. The Hall–Kier alpha value is -2.37. The van der Waals surface area contributed by atoms with Crippen LogP contribution in [0.1, 0.15) is 39.2 Å². The minimum Gasteiger partial charge on any atom is -0.342 e. The molecule has 2 amide bonds. The molecule has 0 radical (unpaired) electrons. The number of rotatable bonds is 4. The predicted molar refractivity (Wildman–Crippen MR) is 107 cm³/mol. The van der Waals surface area contributed by atoms with Crippen molar-refractivity contribution in [1.82, 2.24) is 15.1 Å². The monoisotopic (exact) mass is 385 g/mol. The van der Waals surface area contributed by atoms with Gasteiger partial charge in [-0.15, -0.1) is 0 Å². The highest BCUT2D eigenvalue weighted by molar-refractivity contribution is 6.31. The van der Waals surface area contributed by atoms with Gasteiger partial charge in [0.05, 0.1) is 6.04 Å². The third kappa shape index (κ3) is 4.15. The summed E-state index contributed by atoms with van der Waals surface area (Å²) in [4.78, 5) is 29.1. The lowest BCUT2D eigenvalue weighted by atomic mass is 10.0. The number of piperazine rings is 1. The molecule has 5 nitrogen and oxygen atoms in total. The number of carbonyl (C=O) groups is 2. The summed E-state index contributed by atoms with van der Waals surface area (Å²) < 4.78 is 0. The Balaban J connectivity index is 1.89. The molecule has 142 valence electrons. The second-order valence-electron chi connectivity index (χ2n) is 6.64. The standard InChI is InChI=1S/C21H24ClN3O2/c1-3-24(2)20(26)15-7-6-8-16(13-15)21(27)25-12-11-23-14-19(25)17-9-4-5-10-18(17)22/h4-10,13,19,23H,3,11-12,14H2,1-2H3. The van der Waals surface area contributed by atoms with E-state index in [2.05, 4.69) is 5.32 Å². The van der Waals surface area contributed by atoms with Crippen LogP contribution in [0.5, 0.6) is 0 Å². The van der Waals surface area contributed by atoms with Crippen molar-refractivity contribution in [1.29, 1.82) is 0 Å². The highest BCUT2D eigenvalue weighted by atomic mass is 35.5. The van der Waals surface area contributed by atoms with Crippen LogP contribution in [-0.2, 0) is 0 Å². The molecule has 27 heavy (non-hydrogen) atoms. The summed E-state index contributed by atoms with van der Waals surface area (Å²) in [6.45, 7) is 4.49. The van der Waals surface area contributed by atoms with Gasteiger partial charge >= 0.3 is 0 Å². The van der Waals surface area contributed by atoms with Gasteiger partial charge in [0.15, 0.2) is 0 Å². The van der Waals surface area contributed by atoms with Crippen LogP contribution >= 0.6 is 11.6 Å². The van der Waals surface area contributed by atoms with Crippen molar-refractivity contribution in [2.75, 3.05) is 33.2 Å².